The van der Waals surface area contributed by atoms with E-state index in [4.69, 9.17) is 21.1 Å². The summed E-state index contributed by atoms with van der Waals surface area (Å²) in [5.41, 5.74) is 4.00. The number of aryl methyl sites for hydroxylation is 2. The third kappa shape index (κ3) is 5.58. The van der Waals surface area contributed by atoms with Crippen LogP contribution in [0.3, 0.4) is 0 Å². The predicted molar refractivity (Wildman–Crippen MR) is 135 cm³/mol. The molecule has 0 bridgehead atoms. The summed E-state index contributed by atoms with van der Waals surface area (Å²) < 4.78 is 10.5. The first-order valence-corrected chi connectivity index (χ1v) is 11.6. The van der Waals surface area contributed by atoms with Gasteiger partial charge in [-0.3, -0.25) is 9.59 Å². The molecule has 2 N–H and O–H groups in total. The summed E-state index contributed by atoms with van der Waals surface area (Å²) in [5.74, 6) is -0.995. The molecule has 3 rings (SSSR count). The van der Waals surface area contributed by atoms with Crippen molar-refractivity contribution in [3.8, 4) is 5.75 Å². The summed E-state index contributed by atoms with van der Waals surface area (Å²) in [6, 6.07) is 10.7. The Balaban J connectivity index is 1.82. The molecule has 0 aliphatic heterocycles. The van der Waals surface area contributed by atoms with Crippen LogP contribution in [0.2, 0.25) is 5.02 Å². The Hall–Kier alpha value is -3.36. The molecule has 0 atom stereocenters. The molecular weight excluding hydrogens is 476 g/mol. The van der Waals surface area contributed by atoms with E-state index in [0.29, 0.717) is 26.9 Å². The summed E-state index contributed by atoms with van der Waals surface area (Å²) in [5, 5.41) is 6.35. The van der Waals surface area contributed by atoms with Gasteiger partial charge in [-0.2, -0.15) is 0 Å². The maximum absolute atomic E-state index is 13.0. The van der Waals surface area contributed by atoms with Crippen LogP contribution >= 0.6 is 22.9 Å². The minimum Gasteiger partial charge on any atom is -0.483 e. The fourth-order valence-corrected chi connectivity index (χ4v) is 4.65. The molecule has 0 saturated carbocycles. The van der Waals surface area contributed by atoms with Crippen molar-refractivity contribution in [1.82, 2.24) is 0 Å². The summed E-state index contributed by atoms with van der Waals surface area (Å²) in [7, 11) is 1.24. The van der Waals surface area contributed by atoms with Gasteiger partial charge in [-0.25, -0.2) is 4.79 Å². The first-order valence-electron chi connectivity index (χ1n) is 10.4. The van der Waals surface area contributed by atoms with Crippen molar-refractivity contribution in [2.24, 2.45) is 0 Å². The number of amides is 2. The van der Waals surface area contributed by atoms with E-state index in [1.54, 1.807) is 25.1 Å². The minimum atomic E-state index is -0.649. The molecule has 9 heteroatoms. The molecule has 2 amide bonds. The molecule has 0 aliphatic rings. The highest BCUT2D eigenvalue weighted by atomic mass is 35.5. The zero-order valence-corrected chi connectivity index (χ0v) is 21.1. The number of thiophene rings is 1. The number of benzene rings is 2. The van der Waals surface area contributed by atoms with Crippen molar-refractivity contribution >= 4 is 51.4 Å². The van der Waals surface area contributed by atoms with Crippen LogP contribution < -0.4 is 15.4 Å². The molecule has 1 aromatic heterocycles. The monoisotopic (exact) mass is 500 g/mol. The number of hydrogen-bond donors (Lipinski definition) is 2. The zero-order valence-electron chi connectivity index (χ0n) is 19.5. The Kier molecular flexibility index (Phi) is 7.96. The Morgan fingerprint density at radius 2 is 1.71 bits per heavy atom. The molecule has 178 valence electrons. The average molecular weight is 501 g/mol. The summed E-state index contributed by atoms with van der Waals surface area (Å²) >= 11 is 6.95. The molecule has 0 radical (unpaired) electrons. The second kappa shape index (κ2) is 10.7. The van der Waals surface area contributed by atoms with Crippen LogP contribution in [0.25, 0.3) is 0 Å². The van der Waals surface area contributed by atoms with Gasteiger partial charge in [0.2, 0.25) is 0 Å². The van der Waals surface area contributed by atoms with Gasteiger partial charge in [0, 0.05) is 10.7 Å². The van der Waals surface area contributed by atoms with Crippen LogP contribution in [-0.4, -0.2) is 31.5 Å². The second-order valence-electron chi connectivity index (χ2n) is 7.70. The third-order valence-electron chi connectivity index (χ3n) is 5.34. The van der Waals surface area contributed by atoms with Gasteiger partial charge in [0.05, 0.1) is 17.6 Å². The standard InChI is InChI=1S/C25H25ClN2O5S/c1-13-7-6-8-18(15(13)3)27-23(30)22-16(4)21(25(31)32-5)24(34-22)28-20(29)12-33-19-10-9-17(26)11-14(19)2/h6-11H,12H2,1-5H3,(H,27,30)(H,28,29). The van der Waals surface area contributed by atoms with Gasteiger partial charge in [-0.1, -0.05) is 23.7 Å². The summed E-state index contributed by atoms with van der Waals surface area (Å²) in [4.78, 5) is 38.4. The van der Waals surface area contributed by atoms with Crippen LogP contribution in [0, 0.1) is 27.7 Å². The fourth-order valence-electron chi connectivity index (χ4n) is 3.31. The van der Waals surface area contributed by atoms with E-state index in [0.717, 1.165) is 28.0 Å². The molecule has 34 heavy (non-hydrogen) atoms. The van der Waals surface area contributed by atoms with E-state index in [2.05, 4.69) is 10.6 Å². The number of ether oxygens (including phenoxy) is 2. The molecular formula is C25H25ClN2O5S. The lowest BCUT2D eigenvalue weighted by molar-refractivity contribution is -0.118. The van der Waals surface area contributed by atoms with E-state index in [1.165, 1.54) is 7.11 Å². The maximum Gasteiger partial charge on any atom is 0.341 e. The van der Waals surface area contributed by atoms with Crippen molar-refractivity contribution in [2.75, 3.05) is 24.4 Å². The van der Waals surface area contributed by atoms with E-state index in [9.17, 15) is 14.4 Å². The average Bonchev–Trinajstić information content (AvgIpc) is 3.11. The van der Waals surface area contributed by atoms with Crippen molar-refractivity contribution in [3.05, 3.63) is 74.1 Å². The van der Waals surface area contributed by atoms with Crippen molar-refractivity contribution in [1.29, 1.82) is 0 Å². The number of rotatable bonds is 7. The van der Waals surface area contributed by atoms with Crippen LogP contribution in [0.1, 0.15) is 42.3 Å². The van der Waals surface area contributed by atoms with Crippen LogP contribution in [0.5, 0.6) is 5.75 Å². The molecule has 0 spiro atoms. The highest BCUT2D eigenvalue weighted by Gasteiger charge is 2.26. The maximum atomic E-state index is 13.0. The van der Waals surface area contributed by atoms with E-state index in [1.807, 2.05) is 39.0 Å². The predicted octanol–water partition coefficient (Wildman–Crippen LogP) is 5.69. The minimum absolute atomic E-state index is 0.134. The first kappa shape index (κ1) is 25.3. The quantitative estimate of drug-likeness (QED) is 0.406. The number of hydrogen-bond acceptors (Lipinski definition) is 6. The Labute approximate surface area is 207 Å². The van der Waals surface area contributed by atoms with E-state index >= 15 is 0 Å². The van der Waals surface area contributed by atoms with Crippen LogP contribution in [0.4, 0.5) is 10.7 Å². The van der Waals surface area contributed by atoms with Crippen molar-refractivity contribution in [2.45, 2.75) is 27.7 Å². The Bertz CT molecular complexity index is 1270. The van der Waals surface area contributed by atoms with Gasteiger partial charge in [0.15, 0.2) is 6.61 Å². The number of carbonyl (C=O) groups is 3. The number of esters is 1. The van der Waals surface area contributed by atoms with Gasteiger partial charge in [-0.05, 0) is 74.2 Å². The van der Waals surface area contributed by atoms with Gasteiger partial charge < -0.3 is 20.1 Å². The van der Waals surface area contributed by atoms with Gasteiger partial charge in [0.25, 0.3) is 11.8 Å². The molecule has 3 aromatic rings. The molecule has 7 nitrogen and oxygen atoms in total. The van der Waals surface area contributed by atoms with Gasteiger partial charge in [-0.15, -0.1) is 11.3 Å². The largest absolute Gasteiger partial charge is 0.483 e. The molecule has 2 aromatic carbocycles. The lowest BCUT2D eigenvalue weighted by Gasteiger charge is -2.10. The van der Waals surface area contributed by atoms with Crippen molar-refractivity contribution in [3.63, 3.8) is 0 Å². The van der Waals surface area contributed by atoms with Gasteiger partial charge in [0.1, 0.15) is 10.8 Å². The highest BCUT2D eigenvalue weighted by Crippen LogP contribution is 2.34. The first-order chi connectivity index (χ1) is 16.1. The summed E-state index contributed by atoms with van der Waals surface area (Å²) in [6.07, 6.45) is 0. The highest BCUT2D eigenvalue weighted by molar-refractivity contribution is 7.19. The number of anilines is 2. The van der Waals surface area contributed by atoms with Crippen LogP contribution in [0.15, 0.2) is 36.4 Å². The van der Waals surface area contributed by atoms with Gasteiger partial charge >= 0.3 is 5.97 Å². The van der Waals surface area contributed by atoms with Crippen LogP contribution in [-0.2, 0) is 9.53 Å². The van der Waals surface area contributed by atoms with E-state index in [-0.39, 0.29) is 23.1 Å². The topological polar surface area (TPSA) is 93.7 Å². The lowest BCUT2D eigenvalue weighted by Crippen LogP contribution is -2.21. The number of methoxy groups -OCH3 is 1. The molecule has 0 fully saturated rings. The molecule has 0 saturated heterocycles. The lowest BCUT2D eigenvalue weighted by atomic mass is 10.1. The van der Waals surface area contributed by atoms with E-state index < -0.39 is 11.9 Å². The SMILES string of the molecule is COC(=O)c1c(NC(=O)COc2ccc(Cl)cc2C)sc(C(=O)Nc2cccc(C)c2C)c1C. The normalized spacial score (nSPS) is 10.5. The molecule has 0 unspecified atom stereocenters. The number of halogens is 1. The summed E-state index contributed by atoms with van der Waals surface area (Å²) in [6.45, 7) is 7.05. The third-order valence-corrected chi connectivity index (χ3v) is 6.79. The smallest absolute Gasteiger partial charge is 0.341 e. The molecule has 0 aliphatic carbocycles. The fraction of sp³-hybridized carbons (Fsp3) is 0.240. The number of carbonyl (C=O) groups excluding carboxylic acids is 3. The zero-order chi connectivity index (χ0) is 25.0. The second-order valence-corrected chi connectivity index (χ2v) is 9.16. The number of nitrogens with one attached hydrogen (secondary N) is 2. The Morgan fingerprint density at radius 1 is 0.971 bits per heavy atom. The Morgan fingerprint density at radius 3 is 2.38 bits per heavy atom. The van der Waals surface area contributed by atoms with Crippen molar-refractivity contribution < 1.29 is 23.9 Å². The molecule has 1 heterocycles.